The molecule has 1 saturated carbocycles. The Morgan fingerprint density at radius 3 is 2.66 bits per heavy atom. The average Bonchev–Trinajstić information content (AvgIpc) is 3.64. The van der Waals surface area contributed by atoms with E-state index in [0.29, 0.717) is 30.3 Å². The van der Waals surface area contributed by atoms with Gasteiger partial charge in [-0.15, -0.1) is 0 Å². The van der Waals surface area contributed by atoms with Crippen LogP contribution in [-0.2, 0) is 11.2 Å². The lowest BCUT2D eigenvalue weighted by Crippen LogP contribution is -2.33. The minimum absolute atomic E-state index is 0.0136. The van der Waals surface area contributed by atoms with Gasteiger partial charge in [0.25, 0.3) is 5.91 Å². The average molecular weight is 473 g/mol. The Labute approximate surface area is 205 Å². The van der Waals surface area contributed by atoms with Gasteiger partial charge >= 0.3 is 0 Å². The molecule has 1 aliphatic carbocycles. The van der Waals surface area contributed by atoms with E-state index < -0.39 is 6.67 Å². The van der Waals surface area contributed by atoms with Crippen LogP contribution in [0.2, 0.25) is 0 Å². The summed E-state index contributed by atoms with van der Waals surface area (Å²) in [4.78, 5) is 19.3. The van der Waals surface area contributed by atoms with E-state index in [1.807, 2.05) is 42.5 Å². The molecule has 4 rings (SSSR count). The number of aryl methyl sites for hydroxylation is 1. The number of aromatic nitrogens is 2. The van der Waals surface area contributed by atoms with Crippen LogP contribution in [0, 0.1) is 11.3 Å². The summed E-state index contributed by atoms with van der Waals surface area (Å²) >= 11 is 0. The molecule has 1 aromatic heterocycles. The molecule has 35 heavy (non-hydrogen) atoms. The summed E-state index contributed by atoms with van der Waals surface area (Å²) < 4.78 is 18.3. The first-order chi connectivity index (χ1) is 17.1. The van der Waals surface area contributed by atoms with Gasteiger partial charge < -0.3 is 9.42 Å². The molecule has 0 unspecified atom stereocenters. The molecular weight excluding hydrogens is 443 g/mol. The van der Waals surface area contributed by atoms with Gasteiger partial charge in [0.2, 0.25) is 5.89 Å². The van der Waals surface area contributed by atoms with Gasteiger partial charge in [0.05, 0.1) is 18.3 Å². The minimum atomic E-state index is -0.619. The SMILES string of the molecule is C=C(CCF)C(=O)N(CCCCCc1nc(C2CC2)no1)c1cccc(-c2cccc(C#N)c2)c1. The number of benzene rings is 2. The summed E-state index contributed by atoms with van der Waals surface area (Å²) in [5.41, 5.74) is 3.34. The fourth-order valence-corrected chi connectivity index (χ4v) is 3.98. The maximum Gasteiger partial charge on any atom is 0.253 e. The van der Waals surface area contributed by atoms with Crippen LogP contribution in [-0.4, -0.2) is 29.3 Å². The Balaban J connectivity index is 1.42. The number of hydrogen-bond acceptors (Lipinski definition) is 5. The molecule has 0 N–H and O–H groups in total. The monoisotopic (exact) mass is 472 g/mol. The third-order valence-corrected chi connectivity index (χ3v) is 6.13. The van der Waals surface area contributed by atoms with Gasteiger partial charge in [-0.2, -0.15) is 10.2 Å². The summed E-state index contributed by atoms with van der Waals surface area (Å²) in [6, 6.07) is 17.1. The summed E-state index contributed by atoms with van der Waals surface area (Å²) in [6.07, 6.45) is 5.53. The van der Waals surface area contributed by atoms with E-state index in [9.17, 15) is 14.4 Å². The van der Waals surface area contributed by atoms with E-state index in [1.165, 1.54) is 0 Å². The number of unbranched alkanes of at least 4 members (excludes halogenated alkanes) is 2. The summed E-state index contributed by atoms with van der Waals surface area (Å²) in [6.45, 7) is 3.68. The molecule has 1 fully saturated rings. The molecule has 0 bridgehead atoms. The normalized spacial score (nSPS) is 12.8. The molecule has 0 aliphatic heterocycles. The third-order valence-electron chi connectivity index (χ3n) is 6.13. The maximum atomic E-state index is 13.1. The number of alkyl halides is 1. The van der Waals surface area contributed by atoms with Crippen molar-refractivity contribution in [1.29, 1.82) is 5.26 Å². The Hall–Kier alpha value is -3.79. The highest BCUT2D eigenvalue weighted by Gasteiger charge is 2.28. The van der Waals surface area contributed by atoms with Crippen LogP contribution in [0.5, 0.6) is 0 Å². The van der Waals surface area contributed by atoms with Crippen LogP contribution in [0.4, 0.5) is 10.1 Å². The van der Waals surface area contributed by atoms with Crippen molar-refractivity contribution in [3.05, 3.63) is 78.0 Å². The molecule has 0 radical (unpaired) electrons. The van der Waals surface area contributed by atoms with Crippen molar-refractivity contribution in [1.82, 2.24) is 10.1 Å². The van der Waals surface area contributed by atoms with Gasteiger partial charge in [-0.25, -0.2) is 0 Å². The van der Waals surface area contributed by atoms with Crippen molar-refractivity contribution in [2.75, 3.05) is 18.1 Å². The Kier molecular flexibility index (Phi) is 8.04. The number of halogens is 1. The van der Waals surface area contributed by atoms with Gasteiger partial charge in [-0.05, 0) is 61.1 Å². The first-order valence-corrected chi connectivity index (χ1v) is 12.1. The lowest BCUT2D eigenvalue weighted by Gasteiger charge is -2.24. The first-order valence-electron chi connectivity index (χ1n) is 12.1. The highest BCUT2D eigenvalue weighted by molar-refractivity contribution is 6.05. The molecule has 1 heterocycles. The highest BCUT2D eigenvalue weighted by atomic mass is 19.1. The predicted octanol–water partition coefficient (Wildman–Crippen LogP) is 6.15. The fourth-order valence-electron chi connectivity index (χ4n) is 3.98. The zero-order chi connectivity index (χ0) is 24.6. The number of rotatable bonds is 12. The lowest BCUT2D eigenvalue weighted by molar-refractivity contribution is -0.115. The molecule has 7 heteroatoms. The minimum Gasteiger partial charge on any atom is -0.339 e. The van der Waals surface area contributed by atoms with Crippen LogP contribution < -0.4 is 4.90 Å². The van der Waals surface area contributed by atoms with Crippen molar-refractivity contribution in [3.63, 3.8) is 0 Å². The predicted molar refractivity (Wildman–Crippen MR) is 133 cm³/mol. The largest absolute Gasteiger partial charge is 0.339 e. The molecule has 180 valence electrons. The lowest BCUT2D eigenvalue weighted by atomic mass is 10.0. The van der Waals surface area contributed by atoms with Crippen molar-refractivity contribution in [2.45, 2.75) is 50.9 Å². The van der Waals surface area contributed by atoms with Gasteiger partial charge in [-0.1, -0.05) is 42.4 Å². The Morgan fingerprint density at radius 1 is 1.14 bits per heavy atom. The topological polar surface area (TPSA) is 83.0 Å². The van der Waals surface area contributed by atoms with E-state index in [0.717, 1.165) is 54.7 Å². The quantitative estimate of drug-likeness (QED) is 0.233. The van der Waals surface area contributed by atoms with Crippen LogP contribution in [0.1, 0.15) is 61.7 Å². The molecule has 3 aromatic rings. The summed E-state index contributed by atoms with van der Waals surface area (Å²) in [5, 5.41) is 13.3. The summed E-state index contributed by atoms with van der Waals surface area (Å²) in [7, 11) is 0. The van der Waals surface area contributed by atoms with E-state index in [2.05, 4.69) is 22.8 Å². The second-order valence-corrected chi connectivity index (χ2v) is 8.87. The van der Waals surface area contributed by atoms with Crippen molar-refractivity contribution in [3.8, 4) is 17.2 Å². The van der Waals surface area contributed by atoms with E-state index in [4.69, 9.17) is 4.52 Å². The van der Waals surface area contributed by atoms with E-state index in [1.54, 1.807) is 11.0 Å². The number of nitrogens with zero attached hydrogens (tertiary/aromatic N) is 4. The molecular formula is C28H29FN4O2. The Bertz CT molecular complexity index is 1230. The van der Waals surface area contributed by atoms with Gasteiger partial charge in [0.15, 0.2) is 5.82 Å². The molecule has 0 saturated heterocycles. The number of carbonyl (C=O) groups excluding carboxylic acids is 1. The second kappa shape index (κ2) is 11.6. The molecule has 0 atom stereocenters. The maximum absolute atomic E-state index is 13.1. The molecule has 1 aliphatic rings. The second-order valence-electron chi connectivity index (χ2n) is 8.87. The smallest absolute Gasteiger partial charge is 0.253 e. The first kappa shape index (κ1) is 24.3. The number of hydrogen-bond donors (Lipinski definition) is 0. The number of anilines is 1. The van der Waals surface area contributed by atoms with Crippen molar-refractivity contribution >= 4 is 11.6 Å². The molecule has 1 amide bonds. The third kappa shape index (κ3) is 6.42. The van der Waals surface area contributed by atoms with Crippen LogP contribution >= 0.6 is 0 Å². The zero-order valence-corrected chi connectivity index (χ0v) is 19.8. The number of carbonyl (C=O) groups is 1. The fraction of sp³-hybridized carbons (Fsp3) is 0.357. The molecule has 2 aromatic carbocycles. The highest BCUT2D eigenvalue weighted by Crippen LogP contribution is 2.38. The molecule has 0 spiro atoms. The number of amides is 1. The van der Waals surface area contributed by atoms with Gasteiger partial charge in [0, 0.05) is 36.6 Å². The van der Waals surface area contributed by atoms with E-state index in [-0.39, 0.29) is 17.9 Å². The standard InChI is InChI=1S/C28H29FN4O2/c1-20(14-15-29)28(34)33(16-4-2-3-11-26-31-27(32-35-26)22-12-13-22)25-10-6-9-24(18-25)23-8-5-7-21(17-23)19-30/h5-10,17-18,22H,1-4,11-16H2. The Morgan fingerprint density at radius 2 is 1.91 bits per heavy atom. The van der Waals surface area contributed by atoms with Crippen LogP contribution in [0.15, 0.2) is 65.2 Å². The number of nitriles is 1. The summed E-state index contributed by atoms with van der Waals surface area (Å²) in [5.74, 6) is 1.70. The van der Waals surface area contributed by atoms with Crippen LogP contribution in [0.25, 0.3) is 11.1 Å². The van der Waals surface area contributed by atoms with Gasteiger partial charge in [0.1, 0.15) is 0 Å². The molecule has 6 nitrogen and oxygen atoms in total. The van der Waals surface area contributed by atoms with Crippen molar-refractivity contribution in [2.24, 2.45) is 0 Å². The van der Waals surface area contributed by atoms with Crippen molar-refractivity contribution < 1.29 is 13.7 Å². The van der Waals surface area contributed by atoms with Gasteiger partial charge in [-0.3, -0.25) is 9.18 Å². The van der Waals surface area contributed by atoms with Crippen LogP contribution in [0.3, 0.4) is 0 Å². The van der Waals surface area contributed by atoms with E-state index >= 15 is 0 Å². The zero-order valence-electron chi connectivity index (χ0n) is 19.8.